The number of rotatable bonds is 3. The fraction of sp³-hybridized carbons (Fsp3) is 0.300. The van der Waals surface area contributed by atoms with Gasteiger partial charge in [0.15, 0.2) is 5.78 Å². The third-order valence-corrected chi connectivity index (χ3v) is 4.56. The Hall–Kier alpha value is -0.0700. The minimum absolute atomic E-state index is 0.0250. The van der Waals surface area contributed by atoms with Gasteiger partial charge in [-0.1, -0.05) is 43.5 Å². The molecule has 94 valence electrons. The molecule has 0 bridgehead atoms. The number of hydrogen-bond donors (Lipinski definition) is 0. The Balaban J connectivity index is 3.18. The highest BCUT2D eigenvalue weighted by atomic mass is 79.9. The number of hydrogen-bond acceptors (Lipinski definition) is 1. The van der Waals surface area contributed by atoms with E-state index in [2.05, 4.69) is 31.9 Å². The lowest BCUT2D eigenvalue weighted by atomic mass is 10.1. The molecule has 0 amide bonds. The van der Waals surface area contributed by atoms with Crippen LogP contribution < -0.4 is 0 Å². The van der Waals surface area contributed by atoms with Crippen molar-refractivity contribution >= 4 is 49.2 Å². The molecule has 0 aromatic heterocycles. The molecule has 1 nitrogen and oxygen atoms in total. The lowest BCUT2D eigenvalue weighted by Crippen LogP contribution is -2.16. The number of benzene rings is 1. The third-order valence-electron chi connectivity index (χ3n) is 1.98. The zero-order valence-corrected chi connectivity index (χ0v) is 12.1. The minimum atomic E-state index is -4.57. The van der Waals surface area contributed by atoms with E-state index in [1.807, 2.05) is 0 Å². The van der Waals surface area contributed by atoms with E-state index in [-0.39, 0.29) is 5.56 Å². The van der Waals surface area contributed by atoms with Crippen LogP contribution in [0.1, 0.15) is 15.9 Å². The van der Waals surface area contributed by atoms with Gasteiger partial charge in [0.1, 0.15) is 0 Å². The molecule has 17 heavy (non-hydrogen) atoms. The fourth-order valence-corrected chi connectivity index (χ4v) is 1.93. The van der Waals surface area contributed by atoms with Crippen LogP contribution in [0.5, 0.6) is 0 Å². The molecule has 0 saturated carbocycles. The van der Waals surface area contributed by atoms with Crippen molar-refractivity contribution in [3.63, 3.8) is 0 Å². The van der Waals surface area contributed by atoms with Gasteiger partial charge in [0, 0.05) is 10.9 Å². The topological polar surface area (TPSA) is 17.1 Å². The van der Waals surface area contributed by atoms with E-state index in [4.69, 9.17) is 11.6 Å². The first-order valence-corrected chi connectivity index (χ1v) is 6.80. The molecule has 0 aliphatic heterocycles. The van der Waals surface area contributed by atoms with Gasteiger partial charge in [0.05, 0.1) is 15.4 Å². The quantitative estimate of drug-likeness (QED) is 0.537. The first-order valence-electron chi connectivity index (χ1n) is 4.38. The van der Waals surface area contributed by atoms with E-state index in [9.17, 15) is 18.0 Å². The Bertz CT molecular complexity index is 434. The molecule has 1 aromatic rings. The molecule has 0 N–H and O–H groups in total. The minimum Gasteiger partial charge on any atom is -0.293 e. The monoisotopic (exact) mass is 392 g/mol. The van der Waals surface area contributed by atoms with Crippen molar-refractivity contribution in [2.24, 2.45) is 0 Å². The molecule has 0 radical (unpaired) electrons. The van der Waals surface area contributed by atoms with Crippen LogP contribution in [0.25, 0.3) is 0 Å². The van der Waals surface area contributed by atoms with Crippen LogP contribution in [0.15, 0.2) is 18.2 Å². The van der Waals surface area contributed by atoms with Gasteiger partial charge in [0.25, 0.3) is 0 Å². The smallest absolute Gasteiger partial charge is 0.293 e. The normalized spacial score (nSPS) is 13.5. The molecule has 0 aliphatic rings. The van der Waals surface area contributed by atoms with Crippen LogP contribution in [-0.2, 0) is 6.18 Å². The van der Waals surface area contributed by atoms with Gasteiger partial charge >= 0.3 is 6.18 Å². The van der Waals surface area contributed by atoms with Gasteiger partial charge in [0.2, 0.25) is 0 Å². The van der Waals surface area contributed by atoms with E-state index >= 15 is 0 Å². The molecule has 0 saturated heterocycles. The maximum atomic E-state index is 12.6. The molecular weight excluding hydrogens is 388 g/mol. The lowest BCUT2D eigenvalue weighted by Gasteiger charge is -2.11. The first-order chi connectivity index (χ1) is 7.77. The summed E-state index contributed by atoms with van der Waals surface area (Å²) in [5.41, 5.74) is -1.03. The van der Waals surface area contributed by atoms with Crippen LogP contribution in [0.4, 0.5) is 13.2 Å². The summed E-state index contributed by atoms with van der Waals surface area (Å²) in [6.45, 7) is 0. The zero-order chi connectivity index (χ0) is 13.2. The largest absolute Gasteiger partial charge is 0.417 e. The summed E-state index contributed by atoms with van der Waals surface area (Å²) < 4.78 is 37.7. The van der Waals surface area contributed by atoms with Crippen LogP contribution >= 0.6 is 43.5 Å². The Kier molecular flexibility index (Phi) is 5.04. The molecule has 0 spiro atoms. The van der Waals surface area contributed by atoms with E-state index in [1.165, 1.54) is 6.07 Å². The van der Waals surface area contributed by atoms with Crippen molar-refractivity contribution in [2.75, 3.05) is 5.33 Å². The van der Waals surface area contributed by atoms with Gasteiger partial charge < -0.3 is 0 Å². The molecule has 7 heteroatoms. The van der Waals surface area contributed by atoms with Crippen LogP contribution in [0.2, 0.25) is 5.02 Å². The van der Waals surface area contributed by atoms with Crippen molar-refractivity contribution in [1.29, 1.82) is 0 Å². The second kappa shape index (κ2) is 5.71. The average molecular weight is 394 g/mol. The molecule has 1 unspecified atom stereocenters. The lowest BCUT2D eigenvalue weighted by molar-refractivity contribution is -0.137. The Morgan fingerprint density at radius 1 is 1.41 bits per heavy atom. The number of halogens is 6. The highest BCUT2D eigenvalue weighted by Gasteiger charge is 2.34. The van der Waals surface area contributed by atoms with Gasteiger partial charge in [-0.25, -0.2) is 0 Å². The molecular formula is C10H6Br2ClF3O. The summed E-state index contributed by atoms with van der Waals surface area (Å²) in [6, 6.07) is 3.12. The van der Waals surface area contributed by atoms with Crippen molar-refractivity contribution < 1.29 is 18.0 Å². The summed E-state index contributed by atoms with van der Waals surface area (Å²) >= 11 is 11.6. The Morgan fingerprint density at radius 2 is 2.00 bits per heavy atom. The maximum Gasteiger partial charge on any atom is 0.417 e. The fourth-order valence-electron chi connectivity index (χ4n) is 1.15. The van der Waals surface area contributed by atoms with E-state index in [0.717, 1.165) is 12.1 Å². The summed E-state index contributed by atoms with van der Waals surface area (Å²) in [5, 5.41) is -0.102. The van der Waals surface area contributed by atoms with E-state index < -0.39 is 27.4 Å². The third kappa shape index (κ3) is 3.69. The summed E-state index contributed by atoms with van der Waals surface area (Å²) in [4.78, 5) is 11.1. The second-order valence-electron chi connectivity index (χ2n) is 3.18. The standard InChI is InChI=1S/C10H6Br2ClF3O/c11-4-7(12)9(17)5-1-2-8(13)6(3-5)10(14,15)16/h1-3,7H,4H2. The number of alkyl halides is 5. The van der Waals surface area contributed by atoms with Gasteiger partial charge in [-0.2, -0.15) is 13.2 Å². The van der Waals surface area contributed by atoms with Gasteiger partial charge in [-0.05, 0) is 18.2 Å². The number of carbonyl (C=O) groups excluding carboxylic acids is 1. The molecule has 1 aromatic carbocycles. The molecule has 1 atom stereocenters. The highest BCUT2D eigenvalue weighted by Crippen LogP contribution is 2.35. The second-order valence-corrected chi connectivity index (χ2v) is 5.34. The van der Waals surface area contributed by atoms with Crippen LogP contribution in [0.3, 0.4) is 0 Å². The summed E-state index contributed by atoms with van der Waals surface area (Å²) in [7, 11) is 0. The van der Waals surface area contributed by atoms with Crippen molar-refractivity contribution in [3.8, 4) is 0 Å². The predicted molar refractivity (Wildman–Crippen MR) is 67.3 cm³/mol. The van der Waals surface area contributed by atoms with Gasteiger partial charge in [-0.3, -0.25) is 4.79 Å². The summed E-state index contributed by atoms with van der Waals surface area (Å²) in [6.07, 6.45) is -4.57. The first kappa shape index (κ1) is 15.0. The summed E-state index contributed by atoms with van der Waals surface area (Å²) in [5.74, 6) is -0.427. The number of ketones is 1. The SMILES string of the molecule is O=C(c1ccc(Cl)c(C(F)(F)F)c1)C(Br)CBr. The molecule has 0 fully saturated rings. The van der Waals surface area contributed by atoms with Crippen molar-refractivity contribution in [2.45, 2.75) is 11.0 Å². The molecule has 1 rings (SSSR count). The van der Waals surface area contributed by atoms with E-state index in [0.29, 0.717) is 5.33 Å². The Labute approximate surface area is 118 Å². The van der Waals surface area contributed by atoms with E-state index in [1.54, 1.807) is 0 Å². The Morgan fingerprint density at radius 3 is 2.47 bits per heavy atom. The van der Waals surface area contributed by atoms with Crippen LogP contribution in [0, 0.1) is 0 Å². The molecule has 0 heterocycles. The van der Waals surface area contributed by atoms with Crippen LogP contribution in [-0.4, -0.2) is 15.9 Å². The zero-order valence-electron chi connectivity index (χ0n) is 8.19. The average Bonchev–Trinajstić information content (AvgIpc) is 2.26. The molecule has 0 aliphatic carbocycles. The highest BCUT2D eigenvalue weighted by molar-refractivity contribution is 9.12. The number of carbonyl (C=O) groups is 1. The maximum absolute atomic E-state index is 12.6. The van der Waals surface area contributed by atoms with Crippen molar-refractivity contribution in [1.82, 2.24) is 0 Å². The van der Waals surface area contributed by atoms with Gasteiger partial charge in [-0.15, -0.1) is 0 Å². The van der Waals surface area contributed by atoms with Crippen molar-refractivity contribution in [3.05, 3.63) is 34.3 Å². The number of Topliss-reactive ketones (excluding diaryl/α,β-unsaturated/α-hetero) is 1. The predicted octanol–water partition coefficient (Wildman–Crippen LogP) is 4.70.